The minimum absolute atomic E-state index is 0.120. The summed E-state index contributed by atoms with van der Waals surface area (Å²) in [4.78, 5) is 42.0. The lowest BCUT2D eigenvalue weighted by molar-refractivity contribution is -0.319. The van der Waals surface area contributed by atoms with Crippen LogP contribution < -0.4 is 0 Å². The molecule has 0 radical (unpaired) electrons. The molecule has 62 heavy (non-hydrogen) atoms. The summed E-state index contributed by atoms with van der Waals surface area (Å²) in [7, 11) is 1.52. The number of halogens is 1. The van der Waals surface area contributed by atoms with Gasteiger partial charge in [-0.2, -0.15) is 0 Å². The molecule has 4 aromatic rings. The predicted octanol–water partition coefficient (Wildman–Crippen LogP) is 8.14. The van der Waals surface area contributed by atoms with Gasteiger partial charge in [0.1, 0.15) is 41.5 Å². The monoisotopic (exact) mass is 919 g/mol. The van der Waals surface area contributed by atoms with E-state index in [0.29, 0.717) is 23.1 Å². The summed E-state index contributed by atoms with van der Waals surface area (Å²) in [6.45, 7) is 9.15. The molecule has 0 bridgehead atoms. The number of aliphatic hydroxyl groups excluding tert-OH is 1. The van der Waals surface area contributed by atoms with Crippen molar-refractivity contribution in [1.29, 1.82) is 0 Å². The number of furan rings is 1. The third-order valence-corrected chi connectivity index (χ3v) is 11.8. The molecule has 3 heterocycles. The van der Waals surface area contributed by atoms with E-state index < -0.39 is 72.3 Å². The van der Waals surface area contributed by atoms with Gasteiger partial charge < -0.3 is 42.7 Å². The van der Waals surface area contributed by atoms with E-state index in [1.54, 1.807) is 19.9 Å². The van der Waals surface area contributed by atoms with Gasteiger partial charge in [-0.15, -0.1) is 0 Å². The number of nitrogens with zero attached hydrogens (tertiary/aromatic N) is 1. The molecule has 6 rings (SSSR count). The molecular weight excluding hydrogens is 862 g/mol. The summed E-state index contributed by atoms with van der Waals surface area (Å²) in [5.41, 5.74) is 1.78. The average Bonchev–Trinajstić information content (AvgIpc) is 3.75. The number of cyclic esters (lactones) is 1. The molecule has 334 valence electrons. The van der Waals surface area contributed by atoms with Gasteiger partial charge in [0.05, 0.1) is 36.3 Å². The third-order valence-electron chi connectivity index (χ3n) is 11.2. The van der Waals surface area contributed by atoms with Crippen LogP contribution in [0.1, 0.15) is 75.4 Å². The van der Waals surface area contributed by atoms with Gasteiger partial charge in [0.25, 0.3) is 0 Å². The van der Waals surface area contributed by atoms with Crippen LogP contribution in [-0.4, -0.2) is 90.6 Å². The first-order chi connectivity index (χ1) is 29.8. The van der Waals surface area contributed by atoms with Crippen LogP contribution in [0.4, 0.5) is 4.79 Å². The molecule has 2 aliphatic rings. The summed E-state index contributed by atoms with van der Waals surface area (Å²) in [5.74, 6) is -1.52. The highest BCUT2D eigenvalue weighted by molar-refractivity contribution is 9.10. The standard InChI is InChI=1S/C48H58BrNO12/c1-30(2)44-48(4,5)62-47(54)50(44)45(53)35(25-32-17-10-7-11-18-32)40(59-31(3)52)38-26-36(49)37(60-38)23-16-24-56-43-42(58-29-34-21-14-9-15-22-34)41(39(27-51)61-46(43)55-6)57-28-33-19-12-8-13-20-33/h7-15,17-22,26,30,35,39-44,46,51H,16,23-25,27-29H2,1-6H3. The number of rotatable bonds is 20. The first-order valence-corrected chi connectivity index (χ1v) is 21.9. The second-order valence-corrected chi connectivity index (χ2v) is 17.4. The summed E-state index contributed by atoms with van der Waals surface area (Å²) in [6, 6.07) is 30.0. The minimum Gasteiger partial charge on any atom is -0.461 e. The van der Waals surface area contributed by atoms with Gasteiger partial charge in [-0.1, -0.05) is 105 Å². The zero-order valence-electron chi connectivity index (χ0n) is 36.1. The number of methoxy groups -OCH3 is 1. The van der Waals surface area contributed by atoms with Gasteiger partial charge in [-0.3, -0.25) is 9.59 Å². The molecule has 3 aromatic carbocycles. The molecule has 2 fully saturated rings. The molecule has 2 saturated heterocycles. The van der Waals surface area contributed by atoms with E-state index in [4.69, 9.17) is 37.6 Å². The van der Waals surface area contributed by atoms with Crippen molar-refractivity contribution in [2.75, 3.05) is 20.3 Å². The Morgan fingerprint density at radius 2 is 1.44 bits per heavy atom. The number of hydrogen-bond acceptors (Lipinski definition) is 12. The molecule has 1 aromatic heterocycles. The fraction of sp³-hybridized carbons (Fsp3) is 0.479. The van der Waals surface area contributed by atoms with Crippen LogP contribution in [0.25, 0.3) is 0 Å². The van der Waals surface area contributed by atoms with Gasteiger partial charge in [-0.05, 0) is 71.3 Å². The van der Waals surface area contributed by atoms with Gasteiger partial charge in [0, 0.05) is 27.1 Å². The van der Waals surface area contributed by atoms with Crippen LogP contribution in [0.5, 0.6) is 0 Å². The zero-order valence-corrected chi connectivity index (χ0v) is 37.7. The molecule has 14 heteroatoms. The molecule has 13 nitrogen and oxygen atoms in total. The van der Waals surface area contributed by atoms with E-state index in [1.165, 1.54) is 18.9 Å². The topological polar surface area (TPSA) is 152 Å². The largest absolute Gasteiger partial charge is 0.461 e. The summed E-state index contributed by atoms with van der Waals surface area (Å²) < 4.78 is 50.1. The maximum atomic E-state index is 14.7. The highest BCUT2D eigenvalue weighted by Crippen LogP contribution is 2.40. The van der Waals surface area contributed by atoms with E-state index in [2.05, 4.69) is 15.9 Å². The predicted molar refractivity (Wildman–Crippen MR) is 231 cm³/mol. The number of ether oxygens (including phenoxy) is 7. The van der Waals surface area contributed by atoms with Crippen LogP contribution in [0.3, 0.4) is 0 Å². The van der Waals surface area contributed by atoms with Crippen LogP contribution in [0, 0.1) is 11.8 Å². The number of carbonyl (C=O) groups is 3. The van der Waals surface area contributed by atoms with Gasteiger partial charge in [0.15, 0.2) is 12.4 Å². The number of amides is 2. The van der Waals surface area contributed by atoms with Crippen molar-refractivity contribution in [3.8, 4) is 0 Å². The normalized spacial score (nSPS) is 23.2. The number of esters is 1. The first-order valence-electron chi connectivity index (χ1n) is 21.1. The van der Waals surface area contributed by atoms with Crippen molar-refractivity contribution < 1.29 is 57.1 Å². The molecule has 0 saturated carbocycles. The zero-order chi connectivity index (χ0) is 44.4. The van der Waals surface area contributed by atoms with E-state index in [9.17, 15) is 19.5 Å². The van der Waals surface area contributed by atoms with Crippen molar-refractivity contribution >= 4 is 33.9 Å². The fourth-order valence-electron chi connectivity index (χ4n) is 8.48. The smallest absolute Gasteiger partial charge is 0.417 e. The summed E-state index contributed by atoms with van der Waals surface area (Å²) >= 11 is 3.64. The number of hydrogen-bond donors (Lipinski definition) is 1. The van der Waals surface area contributed by atoms with Gasteiger partial charge in [0.2, 0.25) is 5.91 Å². The Morgan fingerprint density at radius 3 is 1.98 bits per heavy atom. The van der Waals surface area contributed by atoms with E-state index in [-0.39, 0.29) is 44.5 Å². The molecular formula is C48H58BrNO12. The fourth-order valence-corrected chi connectivity index (χ4v) is 8.98. The third kappa shape index (κ3) is 11.6. The molecule has 0 spiro atoms. The molecule has 0 aliphatic carbocycles. The quantitative estimate of drug-likeness (QED) is 0.0673. The second-order valence-electron chi connectivity index (χ2n) is 16.5. The van der Waals surface area contributed by atoms with Crippen molar-refractivity contribution in [1.82, 2.24) is 4.90 Å². The molecule has 8 unspecified atom stereocenters. The Balaban J connectivity index is 1.21. The Kier molecular flexibility index (Phi) is 16.5. The van der Waals surface area contributed by atoms with Crippen molar-refractivity contribution in [2.45, 2.75) is 116 Å². The van der Waals surface area contributed by atoms with Gasteiger partial charge in [-0.25, -0.2) is 9.69 Å². The maximum absolute atomic E-state index is 14.7. The van der Waals surface area contributed by atoms with Crippen molar-refractivity contribution in [2.24, 2.45) is 11.8 Å². The first kappa shape index (κ1) is 47.1. The van der Waals surface area contributed by atoms with E-state index >= 15 is 0 Å². The Labute approximate surface area is 372 Å². The Bertz CT molecular complexity index is 2040. The number of aliphatic hydroxyl groups is 1. The minimum atomic E-state index is -1.18. The average molecular weight is 921 g/mol. The number of benzene rings is 3. The van der Waals surface area contributed by atoms with Crippen LogP contribution in [-0.2, 0) is 68.8 Å². The van der Waals surface area contributed by atoms with E-state index in [1.807, 2.05) is 105 Å². The summed E-state index contributed by atoms with van der Waals surface area (Å²) in [6.07, 6.45) is -4.65. The molecule has 8 atom stereocenters. The Morgan fingerprint density at radius 1 is 0.855 bits per heavy atom. The summed E-state index contributed by atoms with van der Waals surface area (Å²) in [5, 5.41) is 10.4. The van der Waals surface area contributed by atoms with E-state index in [0.717, 1.165) is 16.7 Å². The SMILES string of the molecule is COC1OC(CO)C(OCc2ccccc2)C(OCc2ccccc2)C1OCCCc1oc(C(OC(C)=O)C(Cc2ccccc2)C(=O)N2C(=O)OC(C)(C)C2C(C)C)cc1Br. The van der Waals surface area contributed by atoms with Crippen molar-refractivity contribution in [3.05, 3.63) is 130 Å². The molecule has 2 aliphatic heterocycles. The Hall–Kier alpha value is -4.41. The maximum Gasteiger partial charge on any atom is 0.417 e. The lowest BCUT2D eigenvalue weighted by atomic mass is 9.86. The number of carbonyl (C=O) groups excluding carboxylic acids is 3. The van der Waals surface area contributed by atoms with Crippen LogP contribution in [0.15, 0.2) is 106 Å². The number of imide groups is 1. The lowest BCUT2D eigenvalue weighted by Gasteiger charge is -2.45. The van der Waals surface area contributed by atoms with Crippen LogP contribution >= 0.6 is 15.9 Å². The highest BCUT2D eigenvalue weighted by atomic mass is 79.9. The lowest BCUT2D eigenvalue weighted by Crippen LogP contribution is -2.61. The van der Waals surface area contributed by atoms with Crippen molar-refractivity contribution in [3.63, 3.8) is 0 Å². The highest BCUT2D eigenvalue weighted by Gasteiger charge is 2.54. The van der Waals surface area contributed by atoms with Gasteiger partial charge >= 0.3 is 12.1 Å². The molecule has 1 N–H and O–H groups in total. The molecule has 2 amide bonds. The van der Waals surface area contributed by atoms with Crippen LogP contribution in [0.2, 0.25) is 0 Å². The second kappa shape index (κ2) is 21.8. The number of aryl methyl sites for hydroxylation is 1.